The Balaban J connectivity index is 1.22. The number of ether oxygens (including phenoxy) is 5. The Morgan fingerprint density at radius 3 is 1.95 bits per heavy atom. The Hall–Kier alpha value is -1.96. The number of benzene rings is 1. The third kappa shape index (κ3) is 8.20. The molecule has 2 bridgehead atoms. The summed E-state index contributed by atoms with van der Waals surface area (Å²) >= 11 is 0. The summed E-state index contributed by atoms with van der Waals surface area (Å²) in [7, 11) is 0. The van der Waals surface area contributed by atoms with Crippen molar-refractivity contribution in [1.29, 1.82) is 0 Å². The maximum absolute atomic E-state index is 14.6. The van der Waals surface area contributed by atoms with Crippen LogP contribution in [-0.4, -0.2) is 48.3 Å². The molecule has 240 valence electrons. The molecule has 4 aliphatic carbocycles. The molecule has 5 rings (SSSR count). The van der Waals surface area contributed by atoms with Crippen LogP contribution in [0.25, 0.3) is 6.08 Å². The van der Waals surface area contributed by atoms with Crippen LogP contribution < -0.4 is 4.74 Å². The van der Waals surface area contributed by atoms with Gasteiger partial charge in [0.25, 0.3) is 0 Å². The highest BCUT2D eigenvalue weighted by Gasteiger charge is 2.58. The van der Waals surface area contributed by atoms with E-state index in [-0.39, 0.29) is 12.0 Å². The lowest BCUT2D eigenvalue weighted by Gasteiger charge is -2.30. The second-order valence-corrected chi connectivity index (χ2v) is 13.7. The lowest BCUT2D eigenvalue weighted by molar-refractivity contribution is -0.172. The first-order valence-corrected chi connectivity index (χ1v) is 17.0. The van der Waals surface area contributed by atoms with Crippen LogP contribution in [0.15, 0.2) is 18.7 Å². The normalized spacial score (nSPS) is 27.6. The van der Waals surface area contributed by atoms with Crippen molar-refractivity contribution in [3.8, 4) is 5.75 Å². The van der Waals surface area contributed by atoms with Gasteiger partial charge in [-0.1, -0.05) is 58.1 Å². The van der Waals surface area contributed by atoms with Gasteiger partial charge >= 0.3 is 5.97 Å². The van der Waals surface area contributed by atoms with E-state index in [4.69, 9.17) is 23.7 Å². The third-order valence-corrected chi connectivity index (χ3v) is 10.4. The molecule has 4 aliphatic rings. The summed E-state index contributed by atoms with van der Waals surface area (Å²) in [6.45, 7) is 8.83. The minimum atomic E-state index is -1.95. The molecule has 0 radical (unpaired) electrons. The summed E-state index contributed by atoms with van der Waals surface area (Å²) in [5.41, 5.74) is 0.211. The van der Waals surface area contributed by atoms with Crippen molar-refractivity contribution in [2.24, 2.45) is 0 Å². The zero-order chi connectivity index (χ0) is 30.3. The van der Waals surface area contributed by atoms with Crippen molar-refractivity contribution in [2.45, 2.75) is 159 Å². The number of rotatable bonds is 15. The predicted molar refractivity (Wildman–Crippen MR) is 166 cm³/mol. The molecule has 1 aromatic carbocycles. The zero-order valence-electron chi connectivity index (χ0n) is 26.6. The highest BCUT2D eigenvalue weighted by molar-refractivity contribution is 5.79. The maximum Gasteiger partial charge on any atom is 0.344 e. The predicted octanol–water partition coefficient (Wildman–Crippen LogP) is 8.56. The Morgan fingerprint density at radius 2 is 1.44 bits per heavy atom. The number of hydrogen-bond donors (Lipinski definition) is 0. The molecule has 4 fully saturated rings. The highest BCUT2D eigenvalue weighted by Crippen LogP contribution is 2.55. The first-order valence-electron chi connectivity index (χ1n) is 17.0. The molecule has 1 unspecified atom stereocenters. The van der Waals surface area contributed by atoms with Crippen LogP contribution in [0.4, 0.5) is 4.39 Å². The van der Waals surface area contributed by atoms with Gasteiger partial charge in [0.05, 0.1) is 37.6 Å². The molecule has 43 heavy (non-hydrogen) atoms. The molecule has 0 aromatic heterocycles. The monoisotopic (exact) mass is 600 g/mol. The lowest BCUT2D eigenvalue weighted by atomic mass is 9.94. The van der Waals surface area contributed by atoms with Crippen molar-refractivity contribution in [1.82, 2.24) is 0 Å². The summed E-state index contributed by atoms with van der Waals surface area (Å²) in [6.07, 6.45) is 18.2. The molecule has 6 nitrogen and oxygen atoms in total. The van der Waals surface area contributed by atoms with E-state index in [1.165, 1.54) is 45.4 Å². The molecule has 1 atom stereocenters. The molecule has 4 saturated carbocycles. The average Bonchev–Trinajstić information content (AvgIpc) is 3.58. The minimum absolute atomic E-state index is 0.107. The molecular weight excluding hydrogens is 547 g/mol. The molecule has 1 aromatic rings. The summed E-state index contributed by atoms with van der Waals surface area (Å²) in [5.74, 6) is 0.0891. The van der Waals surface area contributed by atoms with Gasteiger partial charge < -0.3 is 23.7 Å². The average molecular weight is 601 g/mol. The second-order valence-electron chi connectivity index (χ2n) is 13.7. The van der Waals surface area contributed by atoms with E-state index in [0.717, 1.165) is 61.0 Å². The standard InChI is InChI=1S/C36H53FO6/c1-4-27-22-28(24-40-30-12-8-6-9-13-30)32(29(23-27)25-41-31-14-10-7-11-15-31)39-20-21-42-35-16-18-36(26-35,19-17-35)43-33(38)34(3,37)5-2/h4,22-23,30-31H,1,5-21,24-26H2,2-3H3. The topological polar surface area (TPSA) is 63.2 Å². The van der Waals surface area contributed by atoms with E-state index in [1.807, 2.05) is 6.08 Å². The Bertz CT molecular complexity index is 1040. The van der Waals surface area contributed by atoms with Gasteiger partial charge in [0, 0.05) is 17.5 Å². The molecule has 7 heteroatoms. The van der Waals surface area contributed by atoms with Gasteiger partial charge in [-0.15, -0.1) is 0 Å². The van der Waals surface area contributed by atoms with Crippen LogP contribution in [0, 0.1) is 0 Å². The molecule has 0 heterocycles. The van der Waals surface area contributed by atoms with Crippen LogP contribution >= 0.6 is 0 Å². The van der Waals surface area contributed by atoms with Crippen molar-refractivity contribution in [3.05, 3.63) is 35.4 Å². The van der Waals surface area contributed by atoms with Gasteiger partial charge in [0.2, 0.25) is 5.67 Å². The molecular formula is C36H53FO6. The minimum Gasteiger partial charge on any atom is -0.490 e. The number of carbonyl (C=O) groups excluding carboxylic acids is 1. The summed E-state index contributed by atoms with van der Waals surface area (Å²) < 4.78 is 46.2. The van der Waals surface area contributed by atoms with Gasteiger partial charge in [-0.3, -0.25) is 0 Å². The van der Waals surface area contributed by atoms with Crippen molar-refractivity contribution < 1.29 is 32.9 Å². The summed E-state index contributed by atoms with van der Waals surface area (Å²) in [6, 6.07) is 4.25. The Kier molecular flexibility index (Phi) is 10.9. The van der Waals surface area contributed by atoms with E-state index in [1.54, 1.807) is 6.92 Å². The molecule has 0 spiro atoms. The van der Waals surface area contributed by atoms with Gasteiger partial charge in [-0.05, 0) is 82.4 Å². The zero-order valence-corrected chi connectivity index (χ0v) is 26.6. The van der Waals surface area contributed by atoms with Crippen LogP contribution in [0.5, 0.6) is 5.75 Å². The van der Waals surface area contributed by atoms with Crippen molar-refractivity contribution >= 4 is 12.0 Å². The van der Waals surface area contributed by atoms with Crippen LogP contribution in [0.2, 0.25) is 0 Å². The van der Waals surface area contributed by atoms with Crippen LogP contribution in [-0.2, 0) is 37.0 Å². The molecule has 0 saturated heterocycles. The van der Waals surface area contributed by atoms with E-state index in [0.29, 0.717) is 57.9 Å². The van der Waals surface area contributed by atoms with E-state index >= 15 is 0 Å². The highest BCUT2D eigenvalue weighted by atomic mass is 19.1. The van der Waals surface area contributed by atoms with Gasteiger partial charge in [0.15, 0.2) is 0 Å². The first kappa shape index (κ1) is 32.4. The first-order chi connectivity index (χ1) is 20.8. The van der Waals surface area contributed by atoms with Gasteiger partial charge in [-0.25, -0.2) is 9.18 Å². The summed E-state index contributed by atoms with van der Waals surface area (Å²) in [5, 5.41) is 0. The fourth-order valence-electron chi connectivity index (χ4n) is 7.46. The number of hydrogen-bond acceptors (Lipinski definition) is 6. The van der Waals surface area contributed by atoms with Gasteiger partial charge in [-0.2, -0.15) is 0 Å². The van der Waals surface area contributed by atoms with Crippen LogP contribution in [0.1, 0.15) is 133 Å². The number of alkyl halides is 1. The van der Waals surface area contributed by atoms with Crippen molar-refractivity contribution in [2.75, 3.05) is 13.2 Å². The largest absolute Gasteiger partial charge is 0.490 e. The van der Waals surface area contributed by atoms with E-state index < -0.39 is 17.2 Å². The van der Waals surface area contributed by atoms with Crippen LogP contribution in [0.3, 0.4) is 0 Å². The van der Waals surface area contributed by atoms with Crippen molar-refractivity contribution in [3.63, 3.8) is 0 Å². The number of fused-ring (bicyclic) bond motifs is 2. The lowest BCUT2D eigenvalue weighted by Crippen LogP contribution is -2.39. The quantitative estimate of drug-likeness (QED) is 0.148. The SMILES string of the molecule is C=Cc1cc(COC2CCCCC2)c(OCCOC23CCC(OC(=O)C(C)(F)CC)(CC2)C3)c(COC2CCCCC2)c1. The number of halogens is 1. The fraction of sp³-hybridized carbons (Fsp3) is 0.750. The maximum atomic E-state index is 14.6. The van der Waals surface area contributed by atoms with E-state index in [2.05, 4.69) is 18.7 Å². The Labute approximate surface area is 258 Å². The third-order valence-electron chi connectivity index (χ3n) is 10.4. The second kappa shape index (κ2) is 14.4. The number of carbonyl (C=O) groups is 1. The smallest absolute Gasteiger partial charge is 0.344 e. The molecule has 0 aliphatic heterocycles. The van der Waals surface area contributed by atoms with Gasteiger partial charge in [0.1, 0.15) is 18.0 Å². The molecule has 0 N–H and O–H groups in total. The Morgan fingerprint density at radius 1 is 0.907 bits per heavy atom. The molecule has 0 amide bonds. The van der Waals surface area contributed by atoms with E-state index in [9.17, 15) is 9.18 Å². The fourth-order valence-corrected chi connectivity index (χ4v) is 7.46. The summed E-state index contributed by atoms with van der Waals surface area (Å²) in [4.78, 5) is 12.5. The number of esters is 1.